The number of likely N-dealkylation sites (tertiary alicyclic amines) is 1. The van der Waals surface area contributed by atoms with Gasteiger partial charge in [-0.25, -0.2) is 0 Å². The molecular weight excluding hydrogens is 206 g/mol. The van der Waals surface area contributed by atoms with Gasteiger partial charge in [-0.3, -0.25) is 4.79 Å². The van der Waals surface area contributed by atoms with Gasteiger partial charge in [0.25, 0.3) is 0 Å². The molecule has 2 saturated heterocycles. The molecule has 4 fully saturated rings. The summed E-state index contributed by atoms with van der Waals surface area (Å²) in [6, 6.07) is 0. The zero-order valence-corrected chi connectivity index (χ0v) is 9.59. The highest BCUT2D eigenvalue weighted by Gasteiger charge is 2.76. The first-order valence-corrected chi connectivity index (χ1v) is 6.27. The number of nitrogens with zero attached hydrogens (tertiary/aromatic N) is 1. The number of aliphatic hydroxyl groups is 1. The Labute approximate surface area is 94.6 Å². The van der Waals surface area contributed by atoms with Crippen LogP contribution in [0.15, 0.2) is 0 Å². The van der Waals surface area contributed by atoms with Crippen molar-refractivity contribution in [2.45, 2.75) is 38.2 Å². The number of fused-ring (bicyclic) bond motifs is 2. The number of aliphatic hydroxyl groups excluding tert-OH is 1. The second-order valence-electron chi connectivity index (χ2n) is 5.83. The van der Waals surface area contributed by atoms with Gasteiger partial charge in [-0.2, -0.15) is 0 Å². The molecule has 1 N–H and O–H groups in total. The van der Waals surface area contributed by atoms with E-state index in [4.69, 9.17) is 4.74 Å². The van der Waals surface area contributed by atoms with Crippen LogP contribution in [0.2, 0.25) is 0 Å². The fourth-order valence-electron chi connectivity index (χ4n) is 5.02. The third-order valence-corrected chi connectivity index (χ3v) is 5.45. The molecule has 4 aliphatic rings. The molecule has 0 unspecified atom stereocenters. The highest BCUT2D eigenvalue weighted by Crippen LogP contribution is 2.67. The highest BCUT2D eigenvalue weighted by atomic mass is 16.6. The summed E-state index contributed by atoms with van der Waals surface area (Å²) in [5.74, 6) is 1.14. The van der Waals surface area contributed by atoms with Crippen LogP contribution in [-0.2, 0) is 9.53 Å². The van der Waals surface area contributed by atoms with Gasteiger partial charge >= 0.3 is 0 Å². The zero-order valence-electron chi connectivity index (χ0n) is 9.59. The Morgan fingerprint density at radius 3 is 3.00 bits per heavy atom. The molecule has 88 valence electrons. The lowest BCUT2D eigenvalue weighted by Gasteiger charge is -2.35. The van der Waals surface area contributed by atoms with Gasteiger partial charge in [-0.15, -0.1) is 0 Å². The predicted octanol–water partition coefficient (Wildman–Crippen LogP) is 0.207. The molecule has 2 bridgehead atoms. The normalized spacial score (nSPS) is 61.4. The van der Waals surface area contributed by atoms with Crippen molar-refractivity contribution in [3.05, 3.63) is 0 Å². The van der Waals surface area contributed by atoms with Gasteiger partial charge in [0.15, 0.2) is 0 Å². The molecule has 4 nitrogen and oxygen atoms in total. The molecule has 2 heterocycles. The van der Waals surface area contributed by atoms with Crippen molar-refractivity contribution in [2.24, 2.45) is 23.7 Å². The van der Waals surface area contributed by atoms with Gasteiger partial charge in [0.1, 0.15) is 5.72 Å². The molecule has 0 aromatic rings. The van der Waals surface area contributed by atoms with Gasteiger partial charge in [-0.1, -0.05) is 0 Å². The Balaban J connectivity index is 1.88. The molecule has 7 atom stereocenters. The van der Waals surface area contributed by atoms with Crippen LogP contribution in [-0.4, -0.2) is 40.4 Å². The quantitative estimate of drug-likeness (QED) is 0.691. The van der Waals surface area contributed by atoms with Crippen LogP contribution >= 0.6 is 0 Å². The fraction of sp³-hybridized carbons (Fsp3) is 0.917. The van der Waals surface area contributed by atoms with Gasteiger partial charge in [0, 0.05) is 12.5 Å². The van der Waals surface area contributed by atoms with E-state index in [1.54, 1.807) is 0 Å². The van der Waals surface area contributed by atoms with E-state index in [-0.39, 0.29) is 23.8 Å². The third-order valence-electron chi connectivity index (χ3n) is 5.45. The average Bonchev–Trinajstić information content (AvgIpc) is 2.86. The number of hydrogen-bond acceptors (Lipinski definition) is 3. The number of carbonyl (C=O) groups excluding carboxylic acids is 1. The first-order chi connectivity index (χ1) is 7.59. The van der Waals surface area contributed by atoms with Gasteiger partial charge in [-0.05, 0) is 32.1 Å². The summed E-state index contributed by atoms with van der Waals surface area (Å²) in [6.45, 7) is 4.75. The molecule has 2 saturated carbocycles. The van der Waals surface area contributed by atoms with E-state index in [1.165, 1.54) is 0 Å². The first kappa shape index (κ1) is 9.42. The van der Waals surface area contributed by atoms with Crippen LogP contribution in [0.25, 0.3) is 0 Å². The summed E-state index contributed by atoms with van der Waals surface area (Å²) < 4.78 is 6.06. The van der Waals surface area contributed by atoms with Crippen LogP contribution < -0.4 is 0 Å². The van der Waals surface area contributed by atoms with Gasteiger partial charge < -0.3 is 14.7 Å². The SMILES string of the molecule is CCN1C(=O)[C@@H]2[C@H]3C[C@H]4[C@H](O[C@]1(C)[C@@H]42)[C@@H]3O. The monoisotopic (exact) mass is 223 g/mol. The lowest BCUT2D eigenvalue weighted by molar-refractivity contribution is -0.171. The zero-order chi connectivity index (χ0) is 11.2. The Kier molecular flexibility index (Phi) is 1.45. The molecule has 0 spiro atoms. The Morgan fingerprint density at radius 1 is 1.56 bits per heavy atom. The standard InChI is InChI=1S/C12H17NO3/c1-3-13-11(15)7-5-4-6-8(7)12(13,2)16-10(6)9(5)14/h5-10,14H,3-4H2,1-2H3/t5-,6-,7-,8+,9-,10+,12-/m1/s1. The maximum absolute atomic E-state index is 12.3. The van der Waals surface area contributed by atoms with E-state index in [0.717, 1.165) is 6.42 Å². The maximum Gasteiger partial charge on any atom is 0.228 e. The molecule has 0 aromatic heterocycles. The van der Waals surface area contributed by atoms with Crippen LogP contribution in [0.4, 0.5) is 0 Å². The molecule has 4 heteroatoms. The van der Waals surface area contributed by atoms with Crippen molar-refractivity contribution < 1.29 is 14.6 Å². The lowest BCUT2D eigenvalue weighted by atomic mass is 9.77. The van der Waals surface area contributed by atoms with E-state index < -0.39 is 11.8 Å². The molecule has 0 aromatic carbocycles. The first-order valence-electron chi connectivity index (χ1n) is 6.27. The predicted molar refractivity (Wildman–Crippen MR) is 55.2 cm³/mol. The minimum Gasteiger partial charge on any atom is -0.390 e. The number of amides is 1. The number of ether oxygens (including phenoxy) is 1. The van der Waals surface area contributed by atoms with Crippen molar-refractivity contribution in [2.75, 3.05) is 6.54 Å². The summed E-state index contributed by atoms with van der Waals surface area (Å²) in [4.78, 5) is 14.2. The van der Waals surface area contributed by atoms with E-state index in [9.17, 15) is 9.90 Å². The molecule has 0 radical (unpaired) electrons. The number of hydrogen-bond donors (Lipinski definition) is 1. The van der Waals surface area contributed by atoms with E-state index in [1.807, 2.05) is 18.7 Å². The number of carbonyl (C=O) groups is 1. The smallest absolute Gasteiger partial charge is 0.228 e. The molecule has 4 rings (SSSR count). The largest absolute Gasteiger partial charge is 0.390 e. The van der Waals surface area contributed by atoms with Crippen molar-refractivity contribution >= 4 is 5.91 Å². The van der Waals surface area contributed by atoms with Crippen LogP contribution in [0.5, 0.6) is 0 Å². The minimum absolute atomic E-state index is 0.0154. The highest BCUT2D eigenvalue weighted by molar-refractivity contribution is 5.84. The molecule has 2 aliphatic heterocycles. The summed E-state index contributed by atoms with van der Waals surface area (Å²) in [5.41, 5.74) is -0.432. The summed E-state index contributed by atoms with van der Waals surface area (Å²) in [5, 5.41) is 10.1. The van der Waals surface area contributed by atoms with E-state index in [0.29, 0.717) is 18.4 Å². The van der Waals surface area contributed by atoms with Crippen LogP contribution in [0.1, 0.15) is 20.3 Å². The fourth-order valence-corrected chi connectivity index (χ4v) is 5.02. The Hall–Kier alpha value is -0.610. The molecule has 2 aliphatic carbocycles. The average molecular weight is 223 g/mol. The van der Waals surface area contributed by atoms with Gasteiger partial charge in [0.05, 0.1) is 18.1 Å². The molecular formula is C12H17NO3. The summed E-state index contributed by atoms with van der Waals surface area (Å²) >= 11 is 0. The second kappa shape index (κ2) is 2.46. The Morgan fingerprint density at radius 2 is 2.31 bits per heavy atom. The van der Waals surface area contributed by atoms with Crippen molar-refractivity contribution in [1.82, 2.24) is 4.90 Å². The molecule has 16 heavy (non-hydrogen) atoms. The summed E-state index contributed by atoms with van der Waals surface area (Å²) in [7, 11) is 0. The van der Waals surface area contributed by atoms with E-state index >= 15 is 0 Å². The Bertz CT molecular complexity index is 384. The minimum atomic E-state index is -0.432. The molecule has 1 amide bonds. The van der Waals surface area contributed by atoms with Crippen molar-refractivity contribution in [1.29, 1.82) is 0 Å². The van der Waals surface area contributed by atoms with Crippen LogP contribution in [0, 0.1) is 23.7 Å². The van der Waals surface area contributed by atoms with Crippen molar-refractivity contribution in [3.63, 3.8) is 0 Å². The second-order valence-corrected chi connectivity index (χ2v) is 5.83. The number of rotatable bonds is 1. The lowest BCUT2D eigenvalue weighted by Crippen LogP contribution is -2.48. The summed E-state index contributed by atoms with van der Waals surface area (Å²) in [6.07, 6.45) is 0.564. The van der Waals surface area contributed by atoms with E-state index in [2.05, 4.69) is 0 Å². The topological polar surface area (TPSA) is 49.8 Å². The van der Waals surface area contributed by atoms with Crippen molar-refractivity contribution in [3.8, 4) is 0 Å². The van der Waals surface area contributed by atoms with Crippen LogP contribution in [0.3, 0.4) is 0 Å². The third kappa shape index (κ3) is 0.695. The van der Waals surface area contributed by atoms with Gasteiger partial charge in [0.2, 0.25) is 5.91 Å². The maximum atomic E-state index is 12.3.